The molecule has 0 heterocycles. The molecule has 0 aromatic heterocycles. The average Bonchev–Trinajstić information content (AvgIpc) is 2.91. The highest BCUT2D eigenvalue weighted by Crippen LogP contribution is 2.67. The molecule has 0 radical (unpaired) electrons. The Morgan fingerprint density at radius 1 is 0.880 bits per heavy atom. The molecule has 0 aromatic rings. The first-order valence-corrected chi connectivity index (χ1v) is 11.4. The molecule has 142 valence electrons. The van der Waals surface area contributed by atoms with Crippen LogP contribution in [0.5, 0.6) is 0 Å². The van der Waals surface area contributed by atoms with Crippen molar-refractivity contribution in [1.29, 1.82) is 0 Å². The van der Waals surface area contributed by atoms with Gasteiger partial charge in [-0.15, -0.1) is 0 Å². The quantitative estimate of drug-likeness (QED) is 0.548. The van der Waals surface area contributed by atoms with Gasteiger partial charge in [0.2, 0.25) is 0 Å². The summed E-state index contributed by atoms with van der Waals surface area (Å²) in [4.78, 5) is 11.3. The van der Waals surface area contributed by atoms with Gasteiger partial charge in [-0.05, 0) is 112 Å². The molecule has 0 amide bonds. The summed E-state index contributed by atoms with van der Waals surface area (Å²) in [5.74, 6) is 5.37. The number of ketones is 1. The van der Waals surface area contributed by atoms with E-state index in [0.29, 0.717) is 16.6 Å². The predicted molar refractivity (Wildman–Crippen MR) is 104 cm³/mol. The van der Waals surface area contributed by atoms with Gasteiger partial charge in [0, 0.05) is 6.42 Å². The Labute approximate surface area is 155 Å². The molecule has 25 heavy (non-hydrogen) atoms. The number of carbonyl (C=O) groups is 1. The zero-order chi connectivity index (χ0) is 17.7. The van der Waals surface area contributed by atoms with Crippen molar-refractivity contribution in [1.82, 2.24) is 0 Å². The van der Waals surface area contributed by atoms with E-state index in [1.54, 1.807) is 6.92 Å². The molecule has 0 spiro atoms. The van der Waals surface area contributed by atoms with Gasteiger partial charge in [0.25, 0.3) is 0 Å². The Kier molecular flexibility index (Phi) is 4.82. The van der Waals surface area contributed by atoms with E-state index < -0.39 is 0 Å². The summed E-state index contributed by atoms with van der Waals surface area (Å²) >= 11 is 0. The van der Waals surface area contributed by atoms with Crippen LogP contribution >= 0.6 is 0 Å². The Balaban J connectivity index is 1.48. The molecule has 4 rings (SSSR count). The summed E-state index contributed by atoms with van der Waals surface area (Å²) in [6.45, 7) is 7.10. The van der Waals surface area contributed by atoms with Gasteiger partial charge < -0.3 is 4.79 Å². The van der Waals surface area contributed by atoms with Crippen molar-refractivity contribution in [2.24, 2.45) is 40.4 Å². The van der Waals surface area contributed by atoms with Crippen molar-refractivity contribution >= 4 is 5.78 Å². The third kappa shape index (κ3) is 2.92. The molecular weight excluding hydrogens is 304 g/mol. The smallest absolute Gasteiger partial charge is 0.129 e. The van der Waals surface area contributed by atoms with Crippen molar-refractivity contribution in [3.05, 3.63) is 0 Å². The molecule has 7 unspecified atom stereocenters. The largest absolute Gasteiger partial charge is 0.300 e. The molecule has 4 fully saturated rings. The molecular formula is C24H40O. The van der Waals surface area contributed by atoms with Crippen LogP contribution in [0, 0.1) is 40.4 Å². The van der Waals surface area contributed by atoms with Crippen LogP contribution < -0.4 is 0 Å². The minimum absolute atomic E-state index is 0.381. The van der Waals surface area contributed by atoms with Gasteiger partial charge >= 0.3 is 0 Å². The zero-order valence-corrected chi connectivity index (χ0v) is 17.0. The fourth-order valence-corrected chi connectivity index (χ4v) is 8.48. The van der Waals surface area contributed by atoms with Gasteiger partial charge in [0.05, 0.1) is 0 Å². The number of Topliss-reactive ketones (excluding diaryl/α,β-unsaturated/α-hetero) is 1. The lowest BCUT2D eigenvalue weighted by molar-refractivity contribution is -0.117. The van der Waals surface area contributed by atoms with Crippen molar-refractivity contribution in [2.75, 3.05) is 0 Å². The Bertz CT molecular complexity index is 510. The Morgan fingerprint density at radius 3 is 2.48 bits per heavy atom. The molecule has 4 saturated carbocycles. The summed E-state index contributed by atoms with van der Waals surface area (Å²) in [5.41, 5.74) is 1.27. The molecule has 4 aliphatic rings. The fraction of sp³-hybridized carbons (Fsp3) is 0.958. The highest BCUT2D eigenvalue weighted by Gasteiger charge is 2.59. The number of fused-ring (bicyclic) bond motifs is 5. The summed E-state index contributed by atoms with van der Waals surface area (Å²) in [5, 5.41) is 0. The fourth-order valence-electron chi connectivity index (χ4n) is 8.48. The van der Waals surface area contributed by atoms with E-state index >= 15 is 0 Å². The van der Waals surface area contributed by atoms with E-state index in [4.69, 9.17) is 0 Å². The maximum atomic E-state index is 11.3. The van der Waals surface area contributed by atoms with Gasteiger partial charge in [-0.1, -0.05) is 26.7 Å². The molecule has 1 heteroatoms. The van der Waals surface area contributed by atoms with Crippen molar-refractivity contribution in [3.8, 4) is 0 Å². The summed E-state index contributed by atoms with van der Waals surface area (Å²) in [6.07, 6.45) is 18.3. The maximum Gasteiger partial charge on any atom is 0.129 e. The van der Waals surface area contributed by atoms with Crippen LogP contribution in [0.15, 0.2) is 0 Å². The van der Waals surface area contributed by atoms with E-state index in [9.17, 15) is 4.79 Å². The predicted octanol–water partition coefficient (Wildman–Crippen LogP) is 6.79. The van der Waals surface area contributed by atoms with Gasteiger partial charge in [-0.25, -0.2) is 0 Å². The first-order valence-electron chi connectivity index (χ1n) is 11.4. The third-order valence-corrected chi connectivity index (χ3v) is 9.86. The minimum atomic E-state index is 0.381. The van der Waals surface area contributed by atoms with Crippen LogP contribution in [-0.4, -0.2) is 5.78 Å². The second kappa shape index (κ2) is 6.68. The van der Waals surface area contributed by atoms with Crippen LogP contribution in [-0.2, 0) is 4.79 Å². The summed E-state index contributed by atoms with van der Waals surface area (Å²) in [6, 6.07) is 0. The molecule has 0 saturated heterocycles. The van der Waals surface area contributed by atoms with Gasteiger partial charge in [-0.2, -0.15) is 0 Å². The highest BCUT2D eigenvalue weighted by atomic mass is 16.1. The van der Waals surface area contributed by atoms with Crippen molar-refractivity contribution < 1.29 is 4.79 Å². The Morgan fingerprint density at radius 2 is 1.68 bits per heavy atom. The van der Waals surface area contributed by atoms with Crippen LogP contribution in [0.2, 0.25) is 0 Å². The molecule has 0 bridgehead atoms. The second-order valence-corrected chi connectivity index (χ2v) is 10.8. The van der Waals surface area contributed by atoms with Crippen molar-refractivity contribution in [3.63, 3.8) is 0 Å². The Hall–Kier alpha value is -0.330. The lowest BCUT2D eigenvalue weighted by Gasteiger charge is -2.60. The molecule has 4 aliphatic carbocycles. The van der Waals surface area contributed by atoms with E-state index in [1.807, 2.05) is 0 Å². The van der Waals surface area contributed by atoms with E-state index in [0.717, 1.165) is 42.4 Å². The second-order valence-electron chi connectivity index (χ2n) is 10.8. The van der Waals surface area contributed by atoms with Crippen LogP contribution in [0.4, 0.5) is 0 Å². The normalized spacial score (nSPS) is 49.2. The van der Waals surface area contributed by atoms with E-state index in [-0.39, 0.29) is 0 Å². The van der Waals surface area contributed by atoms with E-state index in [2.05, 4.69) is 13.8 Å². The topological polar surface area (TPSA) is 17.1 Å². The van der Waals surface area contributed by atoms with Gasteiger partial charge in [-0.3, -0.25) is 0 Å². The lowest BCUT2D eigenvalue weighted by atomic mass is 9.45. The van der Waals surface area contributed by atoms with Gasteiger partial charge in [0.1, 0.15) is 5.78 Å². The molecule has 1 nitrogen and oxygen atoms in total. The average molecular weight is 345 g/mol. The SMILES string of the molecule is CC(=O)CCCC1CCC2C3CCC4CCCCC4(C)C3CCC12C. The molecule has 0 aliphatic heterocycles. The molecule has 0 aromatic carbocycles. The third-order valence-electron chi connectivity index (χ3n) is 9.86. The standard InChI is InChI=1S/C24H40O/c1-17(25)7-6-9-19-11-13-21-20-12-10-18-8-4-5-15-23(18,2)22(20)14-16-24(19,21)3/h18-22H,4-16H2,1-3H3. The highest BCUT2D eigenvalue weighted by molar-refractivity contribution is 5.75. The number of hydrogen-bond acceptors (Lipinski definition) is 1. The van der Waals surface area contributed by atoms with Crippen molar-refractivity contribution in [2.45, 2.75) is 104 Å². The number of hydrogen-bond donors (Lipinski definition) is 0. The van der Waals surface area contributed by atoms with Crippen LogP contribution in [0.25, 0.3) is 0 Å². The summed E-state index contributed by atoms with van der Waals surface area (Å²) in [7, 11) is 0. The number of carbonyl (C=O) groups excluding carboxylic acids is 1. The van der Waals surface area contributed by atoms with Gasteiger partial charge in [0.15, 0.2) is 0 Å². The van der Waals surface area contributed by atoms with E-state index in [1.165, 1.54) is 70.6 Å². The number of rotatable bonds is 4. The monoisotopic (exact) mass is 344 g/mol. The van der Waals surface area contributed by atoms with Crippen LogP contribution in [0.1, 0.15) is 104 Å². The summed E-state index contributed by atoms with van der Waals surface area (Å²) < 4.78 is 0. The first-order chi connectivity index (χ1) is 11.9. The molecule has 7 atom stereocenters. The lowest BCUT2D eigenvalue weighted by Crippen LogP contribution is -2.52. The van der Waals surface area contributed by atoms with Crippen LogP contribution in [0.3, 0.4) is 0 Å². The maximum absolute atomic E-state index is 11.3. The minimum Gasteiger partial charge on any atom is -0.300 e. The zero-order valence-electron chi connectivity index (χ0n) is 17.0. The molecule has 0 N–H and O–H groups in total. The first kappa shape index (κ1) is 18.1.